The molecular formula is C26H34N6O6S2. The molecule has 1 aliphatic rings. The lowest BCUT2D eigenvalue weighted by atomic mass is 10.0. The number of nitrogens with zero attached hydrogens (tertiary/aromatic N) is 2. The van der Waals surface area contributed by atoms with E-state index in [0.717, 1.165) is 4.31 Å². The quantitative estimate of drug-likeness (QED) is 0.138. The second kappa shape index (κ2) is 13.2. The number of guanidine groups is 1. The summed E-state index contributed by atoms with van der Waals surface area (Å²) in [4.78, 5) is 41.5. The number of sulfonamides is 1. The van der Waals surface area contributed by atoms with Crippen molar-refractivity contribution in [3.63, 3.8) is 0 Å². The molecule has 0 bridgehead atoms. The molecule has 0 aromatic heterocycles. The van der Waals surface area contributed by atoms with Crippen molar-refractivity contribution >= 4 is 51.2 Å². The summed E-state index contributed by atoms with van der Waals surface area (Å²) < 4.78 is 27.0. The summed E-state index contributed by atoms with van der Waals surface area (Å²) >= 11 is 1.31. The lowest BCUT2D eigenvalue weighted by molar-refractivity contribution is -0.142. The average Bonchev–Trinajstić information content (AvgIpc) is 3.23. The van der Waals surface area contributed by atoms with Crippen LogP contribution in [0.5, 0.6) is 0 Å². The number of carboxylic acid groups (broad SMARTS) is 1. The maximum Gasteiger partial charge on any atom is 0.326 e. The van der Waals surface area contributed by atoms with Crippen molar-refractivity contribution in [2.24, 2.45) is 16.5 Å². The molecule has 40 heavy (non-hydrogen) atoms. The molecule has 3 rings (SSSR count). The highest BCUT2D eigenvalue weighted by Gasteiger charge is 2.51. The number of carbonyl (C=O) groups excluding carboxylic acids is 2. The maximum absolute atomic E-state index is 13.4. The molecule has 1 aliphatic heterocycles. The van der Waals surface area contributed by atoms with Gasteiger partial charge in [0.15, 0.2) is 5.96 Å². The van der Waals surface area contributed by atoms with Crippen LogP contribution in [0, 0.1) is 0 Å². The summed E-state index contributed by atoms with van der Waals surface area (Å²) in [6.45, 7) is 3.85. The molecule has 2 atom stereocenters. The average molecular weight is 591 g/mol. The SMILES string of the molecule is CC1(C)SCN(S(=O)(=O)c2ccccc2)C1C(=O)NC(Cc1ccc(NC(=O)CCCN=C(N)N)cc1)C(=O)O. The zero-order valence-electron chi connectivity index (χ0n) is 22.2. The molecule has 0 spiro atoms. The van der Waals surface area contributed by atoms with Gasteiger partial charge in [-0.3, -0.25) is 14.6 Å². The first-order chi connectivity index (χ1) is 18.8. The summed E-state index contributed by atoms with van der Waals surface area (Å²) in [5.74, 6) is -2.14. The van der Waals surface area contributed by atoms with Gasteiger partial charge >= 0.3 is 5.97 Å². The Kier molecular flexibility index (Phi) is 10.2. The fourth-order valence-electron chi connectivity index (χ4n) is 4.19. The predicted molar refractivity (Wildman–Crippen MR) is 154 cm³/mol. The molecule has 2 aromatic carbocycles. The first-order valence-electron chi connectivity index (χ1n) is 12.5. The van der Waals surface area contributed by atoms with Crippen molar-refractivity contribution in [2.45, 2.75) is 54.8 Å². The van der Waals surface area contributed by atoms with Gasteiger partial charge in [-0.15, -0.1) is 11.8 Å². The number of hydrogen-bond donors (Lipinski definition) is 5. The molecule has 0 radical (unpaired) electrons. The lowest BCUT2D eigenvalue weighted by Crippen LogP contribution is -2.56. The van der Waals surface area contributed by atoms with E-state index in [1.165, 1.54) is 23.9 Å². The smallest absolute Gasteiger partial charge is 0.326 e. The molecule has 1 heterocycles. The molecule has 0 aliphatic carbocycles. The van der Waals surface area contributed by atoms with Gasteiger partial charge in [-0.25, -0.2) is 13.2 Å². The van der Waals surface area contributed by atoms with Gasteiger partial charge < -0.3 is 27.2 Å². The Hall–Kier alpha value is -3.62. The summed E-state index contributed by atoms with van der Waals surface area (Å²) in [5, 5.41) is 15.1. The van der Waals surface area contributed by atoms with Gasteiger partial charge in [0.05, 0.1) is 10.8 Å². The molecule has 1 saturated heterocycles. The summed E-state index contributed by atoms with van der Waals surface area (Å²) in [6.07, 6.45) is 0.653. The van der Waals surface area contributed by atoms with Crippen LogP contribution >= 0.6 is 11.8 Å². The van der Waals surface area contributed by atoms with Gasteiger partial charge in [-0.1, -0.05) is 30.3 Å². The fraction of sp³-hybridized carbons (Fsp3) is 0.385. The van der Waals surface area contributed by atoms with Crippen molar-refractivity contribution in [3.8, 4) is 0 Å². The van der Waals surface area contributed by atoms with E-state index in [-0.39, 0.29) is 35.5 Å². The van der Waals surface area contributed by atoms with Crippen molar-refractivity contribution in [3.05, 3.63) is 60.2 Å². The number of carboxylic acids is 1. The van der Waals surface area contributed by atoms with Gasteiger partial charge in [0.25, 0.3) is 0 Å². The molecule has 1 fully saturated rings. The summed E-state index contributed by atoms with van der Waals surface area (Å²) in [5.41, 5.74) is 11.6. The highest BCUT2D eigenvalue weighted by molar-refractivity contribution is 8.02. The van der Waals surface area contributed by atoms with Crippen LogP contribution in [0.15, 0.2) is 64.5 Å². The monoisotopic (exact) mass is 590 g/mol. The van der Waals surface area contributed by atoms with E-state index in [4.69, 9.17) is 11.5 Å². The molecule has 2 unspecified atom stereocenters. The van der Waals surface area contributed by atoms with Crippen LogP contribution < -0.4 is 22.1 Å². The summed E-state index contributed by atoms with van der Waals surface area (Å²) in [6, 6.07) is 12.0. The standard InChI is InChI=1S/C26H34N6O6S2/c1-26(2)22(32(16-39-26)40(37,38)19-7-4-3-5-8-19)23(34)31-20(24(35)36)15-17-10-12-18(13-11-17)30-21(33)9-6-14-29-25(27)28/h3-5,7-8,10-13,20,22H,6,9,14-16H2,1-2H3,(H,30,33)(H,31,34)(H,35,36)(H4,27,28,29). The summed E-state index contributed by atoms with van der Waals surface area (Å²) in [7, 11) is -3.99. The van der Waals surface area contributed by atoms with E-state index in [0.29, 0.717) is 24.2 Å². The Morgan fingerprint density at radius 2 is 1.77 bits per heavy atom. The number of benzene rings is 2. The molecular weight excluding hydrogens is 556 g/mol. The minimum atomic E-state index is -3.99. The van der Waals surface area contributed by atoms with Crippen LogP contribution in [0.2, 0.25) is 0 Å². The number of aliphatic carboxylic acids is 1. The zero-order valence-corrected chi connectivity index (χ0v) is 23.9. The van der Waals surface area contributed by atoms with E-state index in [1.54, 1.807) is 56.3 Å². The number of hydrogen-bond acceptors (Lipinski definition) is 7. The molecule has 12 nitrogen and oxygen atoms in total. The number of anilines is 1. The first kappa shape index (κ1) is 30.9. The molecule has 0 saturated carbocycles. The normalized spacial score (nSPS) is 17.5. The third kappa shape index (κ3) is 7.96. The van der Waals surface area contributed by atoms with E-state index in [9.17, 15) is 27.9 Å². The van der Waals surface area contributed by atoms with Gasteiger partial charge in [-0.2, -0.15) is 4.31 Å². The minimum Gasteiger partial charge on any atom is -0.480 e. The van der Waals surface area contributed by atoms with Crippen LogP contribution in [0.3, 0.4) is 0 Å². The van der Waals surface area contributed by atoms with E-state index >= 15 is 0 Å². The number of rotatable bonds is 12. The third-order valence-corrected chi connectivity index (χ3v) is 9.62. The molecule has 7 N–H and O–H groups in total. The third-order valence-electron chi connectivity index (χ3n) is 6.26. The van der Waals surface area contributed by atoms with Crippen molar-refractivity contribution in [2.75, 3.05) is 17.7 Å². The molecule has 14 heteroatoms. The Labute approximate surface area is 237 Å². The number of carbonyl (C=O) groups is 3. The Balaban J connectivity index is 1.67. The maximum atomic E-state index is 13.4. The first-order valence-corrected chi connectivity index (χ1v) is 14.9. The van der Waals surface area contributed by atoms with Gasteiger partial charge in [0.1, 0.15) is 12.1 Å². The van der Waals surface area contributed by atoms with Crippen LogP contribution in [-0.4, -0.2) is 70.8 Å². The number of nitrogens with two attached hydrogens (primary N) is 2. The lowest BCUT2D eigenvalue weighted by Gasteiger charge is -2.31. The number of aliphatic imine (C=N–C) groups is 1. The molecule has 216 valence electrons. The van der Waals surface area contributed by atoms with Crippen LogP contribution in [0.1, 0.15) is 32.3 Å². The predicted octanol–water partition coefficient (Wildman–Crippen LogP) is 1.33. The molecule has 2 amide bonds. The highest BCUT2D eigenvalue weighted by Crippen LogP contribution is 2.42. The van der Waals surface area contributed by atoms with Crippen LogP contribution in [0.4, 0.5) is 5.69 Å². The molecule has 2 aromatic rings. The van der Waals surface area contributed by atoms with Crippen LogP contribution in [-0.2, 0) is 30.8 Å². The van der Waals surface area contributed by atoms with Gasteiger partial charge in [0, 0.05) is 29.8 Å². The van der Waals surface area contributed by atoms with Crippen LogP contribution in [0.25, 0.3) is 0 Å². The highest BCUT2D eigenvalue weighted by atomic mass is 32.2. The van der Waals surface area contributed by atoms with E-state index in [2.05, 4.69) is 15.6 Å². The van der Waals surface area contributed by atoms with Gasteiger partial charge in [0.2, 0.25) is 21.8 Å². The van der Waals surface area contributed by atoms with Crippen molar-refractivity contribution in [1.29, 1.82) is 0 Å². The van der Waals surface area contributed by atoms with E-state index in [1.807, 2.05) is 0 Å². The second-order valence-electron chi connectivity index (χ2n) is 9.74. The number of nitrogens with one attached hydrogen (secondary N) is 2. The number of thioether (sulfide) groups is 1. The Morgan fingerprint density at radius 1 is 1.12 bits per heavy atom. The Bertz CT molecular complexity index is 1350. The minimum absolute atomic E-state index is 0.0350. The van der Waals surface area contributed by atoms with Gasteiger partial charge in [-0.05, 0) is 50.1 Å². The van der Waals surface area contributed by atoms with E-state index < -0.39 is 38.7 Å². The Morgan fingerprint density at radius 3 is 2.38 bits per heavy atom. The topological polar surface area (TPSA) is 197 Å². The van der Waals surface area contributed by atoms with Crippen molar-refractivity contribution < 1.29 is 27.9 Å². The van der Waals surface area contributed by atoms with Crippen molar-refractivity contribution in [1.82, 2.24) is 9.62 Å². The number of amides is 2. The zero-order chi connectivity index (χ0) is 29.5. The second-order valence-corrected chi connectivity index (χ2v) is 13.2. The fourth-order valence-corrected chi connectivity index (χ4v) is 7.38. The largest absolute Gasteiger partial charge is 0.480 e.